The number of rotatable bonds is 3. The molecule has 0 aromatic rings. The maximum Gasteiger partial charge on any atom is 0.144 e. The second-order valence-corrected chi connectivity index (χ2v) is 4.94. The second-order valence-electron chi connectivity index (χ2n) is 4.94. The molecule has 1 aliphatic carbocycles. The molecule has 0 saturated carbocycles. The molecule has 0 aliphatic heterocycles. The van der Waals surface area contributed by atoms with Gasteiger partial charge in [-0.2, -0.15) is 0 Å². The summed E-state index contributed by atoms with van der Waals surface area (Å²) in [5, 5.41) is 10.5. The van der Waals surface area contributed by atoms with Crippen LogP contribution in [-0.4, -0.2) is 67.8 Å². The third-order valence-corrected chi connectivity index (χ3v) is 3.00. The number of allylic oxidation sites excluding steroid dienone is 1. The van der Waals surface area contributed by atoms with Gasteiger partial charge in [-0.05, 0) is 26.2 Å². The summed E-state index contributed by atoms with van der Waals surface area (Å²) in [6, 6.07) is 0. The standard InChI is InChI=1S/C12H23N3O/c1-13(2)10-7-11(14(3)4)9-12(16,8-10)15(5)6/h7-8,16H,9H2,1-6H3. The third kappa shape index (κ3) is 2.57. The number of hydrogen-bond donors (Lipinski definition) is 1. The zero-order valence-electron chi connectivity index (χ0n) is 11.2. The van der Waals surface area contributed by atoms with E-state index >= 15 is 0 Å². The van der Waals surface area contributed by atoms with Crippen LogP contribution in [0.25, 0.3) is 0 Å². The summed E-state index contributed by atoms with van der Waals surface area (Å²) in [6.45, 7) is 0. The van der Waals surface area contributed by atoms with Gasteiger partial charge in [0.05, 0.1) is 0 Å². The minimum absolute atomic E-state index is 0.615. The van der Waals surface area contributed by atoms with E-state index in [1.807, 2.05) is 63.1 Å². The van der Waals surface area contributed by atoms with Crippen LogP contribution in [0.1, 0.15) is 6.42 Å². The normalized spacial score (nSPS) is 25.2. The molecule has 0 fully saturated rings. The largest absolute Gasteiger partial charge is 0.381 e. The molecule has 1 N–H and O–H groups in total. The molecule has 0 amide bonds. The summed E-state index contributed by atoms with van der Waals surface area (Å²) in [7, 11) is 11.7. The monoisotopic (exact) mass is 225 g/mol. The van der Waals surface area contributed by atoms with E-state index in [9.17, 15) is 5.11 Å². The van der Waals surface area contributed by atoms with Crippen LogP contribution in [0.4, 0.5) is 0 Å². The van der Waals surface area contributed by atoms with Crippen molar-refractivity contribution >= 4 is 0 Å². The zero-order valence-corrected chi connectivity index (χ0v) is 11.2. The van der Waals surface area contributed by atoms with Gasteiger partial charge in [0, 0.05) is 46.0 Å². The predicted octanol–water partition coefficient (Wildman–Crippen LogP) is 0.531. The summed E-state index contributed by atoms with van der Waals surface area (Å²) in [4.78, 5) is 5.90. The van der Waals surface area contributed by atoms with Crippen molar-refractivity contribution in [3.63, 3.8) is 0 Å². The quantitative estimate of drug-likeness (QED) is 0.710. The summed E-state index contributed by atoms with van der Waals surface area (Å²) < 4.78 is 0. The Labute approximate surface area is 98.4 Å². The van der Waals surface area contributed by atoms with Crippen LogP contribution in [0, 0.1) is 0 Å². The van der Waals surface area contributed by atoms with Gasteiger partial charge in [0.15, 0.2) is 0 Å². The van der Waals surface area contributed by atoms with Crippen LogP contribution >= 0.6 is 0 Å². The lowest BCUT2D eigenvalue weighted by Crippen LogP contribution is -2.46. The van der Waals surface area contributed by atoms with E-state index in [0.717, 1.165) is 11.4 Å². The summed E-state index contributed by atoms with van der Waals surface area (Å²) in [5.74, 6) is 0. The van der Waals surface area contributed by atoms with Crippen LogP contribution in [0.15, 0.2) is 23.5 Å². The van der Waals surface area contributed by atoms with Crippen molar-refractivity contribution in [2.24, 2.45) is 0 Å². The van der Waals surface area contributed by atoms with Gasteiger partial charge >= 0.3 is 0 Å². The number of aliphatic hydroxyl groups is 1. The Bertz CT molecular complexity index is 318. The van der Waals surface area contributed by atoms with Gasteiger partial charge in [0.25, 0.3) is 0 Å². The molecule has 1 unspecified atom stereocenters. The fourth-order valence-electron chi connectivity index (χ4n) is 1.65. The lowest BCUT2D eigenvalue weighted by Gasteiger charge is -2.38. The molecule has 0 heterocycles. The molecule has 1 rings (SSSR count). The Kier molecular flexibility index (Phi) is 3.65. The summed E-state index contributed by atoms with van der Waals surface area (Å²) >= 11 is 0. The molecule has 0 saturated heterocycles. The first-order valence-electron chi connectivity index (χ1n) is 5.44. The molecule has 0 bridgehead atoms. The highest BCUT2D eigenvalue weighted by Crippen LogP contribution is 2.29. The Morgan fingerprint density at radius 1 is 1.06 bits per heavy atom. The molecule has 0 aromatic carbocycles. The minimum atomic E-state index is -0.895. The van der Waals surface area contributed by atoms with Crippen molar-refractivity contribution in [2.75, 3.05) is 42.3 Å². The lowest BCUT2D eigenvalue weighted by atomic mass is 9.97. The second kappa shape index (κ2) is 4.47. The van der Waals surface area contributed by atoms with Gasteiger partial charge in [-0.15, -0.1) is 0 Å². The van der Waals surface area contributed by atoms with Crippen molar-refractivity contribution in [3.05, 3.63) is 23.5 Å². The minimum Gasteiger partial charge on any atom is -0.381 e. The maximum atomic E-state index is 10.5. The van der Waals surface area contributed by atoms with Gasteiger partial charge in [-0.1, -0.05) is 0 Å². The van der Waals surface area contributed by atoms with Gasteiger partial charge in [-0.3, -0.25) is 4.90 Å². The summed E-state index contributed by atoms with van der Waals surface area (Å²) in [6.07, 6.45) is 4.63. The zero-order chi connectivity index (χ0) is 12.5. The highest BCUT2D eigenvalue weighted by molar-refractivity contribution is 5.31. The highest BCUT2D eigenvalue weighted by atomic mass is 16.3. The van der Waals surface area contributed by atoms with E-state index in [-0.39, 0.29) is 0 Å². The van der Waals surface area contributed by atoms with Crippen LogP contribution in [0.3, 0.4) is 0 Å². The van der Waals surface area contributed by atoms with Gasteiger partial charge in [0.1, 0.15) is 5.72 Å². The van der Waals surface area contributed by atoms with Gasteiger partial charge < -0.3 is 14.9 Å². The van der Waals surface area contributed by atoms with Crippen LogP contribution < -0.4 is 0 Å². The first-order chi connectivity index (χ1) is 7.26. The lowest BCUT2D eigenvalue weighted by molar-refractivity contribution is -0.0436. The first kappa shape index (κ1) is 13.1. The van der Waals surface area contributed by atoms with Gasteiger partial charge in [0.2, 0.25) is 0 Å². The van der Waals surface area contributed by atoms with Crippen molar-refractivity contribution in [1.82, 2.24) is 14.7 Å². The van der Waals surface area contributed by atoms with E-state index in [0.29, 0.717) is 6.42 Å². The molecule has 16 heavy (non-hydrogen) atoms. The van der Waals surface area contributed by atoms with Crippen molar-refractivity contribution in [3.8, 4) is 0 Å². The smallest absolute Gasteiger partial charge is 0.144 e. The fourth-order valence-corrected chi connectivity index (χ4v) is 1.65. The molecule has 92 valence electrons. The average Bonchev–Trinajstić information content (AvgIpc) is 2.16. The summed E-state index contributed by atoms with van der Waals surface area (Å²) in [5.41, 5.74) is 1.27. The molecule has 0 spiro atoms. The van der Waals surface area contributed by atoms with E-state index < -0.39 is 5.72 Å². The van der Waals surface area contributed by atoms with E-state index in [2.05, 4.69) is 6.08 Å². The van der Waals surface area contributed by atoms with E-state index in [4.69, 9.17) is 0 Å². The number of hydrogen-bond acceptors (Lipinski definition) is 4. The Morgan fingerprint density at radius 2 is 1.62 bits per heavy atom. The maximum absolute atomic E-state index is 10.5. The molecule has 1 atom stereocenters. The highest BCUT2D eigenvalue weighted by Gasteiger charge is 2.32. The predicted molar refractivity (Wildman–Crippen MR) is 66.8 cm³/mol. The Morgan fingerprint density at radius 3 is 2.00 bits per heavy atom. The Balaban J connectivity index is 3.10. The molecule has 0 radical (unpaired) electrons. The van der Waals surface area contributed by atoms with Crippen molar-refractivity contribution in [1.29, 1.82) is 0 Å². The van der Waals surface area contributed by atoms with E-state index in [1.54, 1.807) is 0 Å². The molecular formula is C12H23N3O. The molecule has 4 nitrogen and oxygen atoms in total. The SMILES string of the molecule is CN(C)C1=CC(O)(N(C)C)CC(N(C)C)=C1. The average molecular weight is 225 g/mol. The topological polar surface area (TPSA) is 30.0 Å². The van der Waals surface area contributed by atoms with Crippen molar-refractivity contribution in [2.45, 2.75) is 12.1 Å². The van der Waals surface area contributed by atoms with Crippen LogP contribution in [0.2, 0.25) is 0 Å². The van der Waals surface area contributed by atoms with E-state index in [1.165, 1.54) is 0 Å². The fraction of sp³-hybridized carbons (Fsp3) is 0.667. The molecular weight excluding hydrogens is 202 g/mol. The first-order valence-corrected chi connectivity index (χ1v) is 5.44. The number of nitrogens with zero attached hydrogens (tertiary/aromatic N) is 3. The van der Waals surface area contributed by atoms with Crippen molar-refractivity contribution < 1.29 is 5.11 Å². The van der Waals surface area contributed by atoms with Gasteiger partial charge in [-0.25, -0.2) is 0 Å². The molecule has 0 aromatic heterocycles. The molecule has 4 heteroatoms. The van der Waals surface area contributed by atoms with Crippen LogP contribution in [0.5, 0.6) is 0 Å². The number of likely N-dealkylation sites (N-methyl/N-ethyl adjacent to an activating group) is 2. The van der Waals surface area contributed by atoms with Crippen LogP contribution in [-0.2, 0) is 0 Å². The third-order valence-electron chi connectivity index (χ3n) is 3.00. The Hall–Kier alpha value is -1.00. The molecule has 1 aliphatic rings.